The molecule has 1 amide bonds. The zero-order valence-electron chi connectivity index (χ0n) is 11.7. The Balaban J connectivity index is 2.02. The Kier molecular flexibility index (Phi) is 5.18. The van der Waals surface area contributed by atoms with Crippen LogP contribution in [0.25, 0.3) is 0 Å². The van der Waals surface area contributed by atoms with Crippen molar-refractivity contribution in [1.29, 1.82) is 0 Å². The number of nitrogens with zero attached hydrogens (tertiary/aromatic N) is 1. The van der Waals surface area contributed by atoms with E-state index in [0.717, 1.165) is 12.1 Å². The number of ether oxygens (including phenoxy) is 1. The molecular formula is C14H16ClF3N2O2. The number of carbonyl (C=O) groups is 1. The van der Waals surface area contributed by atoms with Gasteiger partial charge in [-0.25, -0.2) is 0 Å². The number of amides is 1. The second-order valence-electron chi connectivity index (χ2n) is 5.05. The van der Waals surface area contributed by atoms with E-state index < -0.39 is 11.7 Å². The molecule has 1 aliphatic rings. The van der Waals surface area contributed by atoms with Gasteiger partial charge in [-0.15, -0.1) is 0 Å². The van der Waals surface area contributed by atoms with E-state index in [0.29, 0.717) is 25.9 Å². The molecule has 2 rings (SSSR count). The van der Waals surface area contributed by atoms with Gasteiger partial charge in [-0.2, -0.15) is 13.2 Å². The van der Waals surface area contributed by atoms with Gasteiger partial charge < -0.3 is 15.4 Å². The first kappa shape index (κ1) is 16.9. The predicted molar refractivity (Wildman–Crippen MR) is 75.7 cm³/mol. The van der Waals surface area contributed by atoms with Crippen molar-refractivity contribution in [3.63, 3.8) is 0 Å². The molecule has 4 nitrogen and oxygen atoms in total. The number of benzene rings is 1. The van der Waals surface area contributed by atoms with Crippen LogP contribution in [0.15, 0.2) is 18.2 Å². The van der Waals surface area contributed by atoms with Crippen LogP contribution in [-0.4, -0.2) is 36.5 Å². The molecule has 1 heterocycles. The molecule has 0 aliphatic carbocycles. The summed E-state index contributed by atoms with van der Waals surface area (Å²) in [5.74, 6) is -0.129. The highest BCUT2D eigenvalue weighted by molar-refractivity contribution is 6.32. The largest absolute Gasteiger partial charge is 0.489 e. The summed E-state index contributed by atoms with van der Waals surface area (Å²) in [5, 5.41) is 0.133. The summed E-state index contributed by atoms with van der Waals surface area (Å²) in [4.78, 5) is 13.1. The molecule has 0 unspecified atom stereocenters. The Labute approximate surface area is 131 Å². The molecule has 22 heavy (non-hydrogen) atoms. The lowest BCUT2D eigenvalue weighted by molar-refractivity contribution is -0.138. The van der Waals surface area contributed by atoms with E-state index in [1.807, 2.05) is 0 Å². The van der Waals surface area contributed by atoms with E-state index >= 15 is 0 Å². The van der Waals surface area contributed by atoms with Crippen LogP contribution < -0.4 is 10.5 Å². The molecule has 0 saturated carbocycles. The average molecular weight is 337 g/mol. The Morgan fingerprint density at radius 2 is 2.00 bits per heavy atom. The van der Waals surface area contributed by atoms with Crippen molar-refractivity contribution in [1.82, 2.24) is 4.90 Å². The summed E-state index contributed by atoms with van der Waals surface area (Å²) < 4.78 is 43.7. The third kappa shape index (κ3) is 4.04. The number of hydrogen-bond acceptors (Lipinski definition) is 3. The van der Waals surface area contributed by atoms with Crippen LogP contribution in [0.1, 0.15) is 18.4 Å². The van der Waals surface area contributed by atoms with Crippen LogP contribution in [0.3, 0.4) is 0 Å². The summed E-state index contributed by atoms with van der Waals surface area (Å²) in [6.07, 6.45) is -3.67. The molecule has 0 aromatic heterocycles. The van der Waals surface area contributed by atoms with Crippen LogP contribution >= 0.6 is 11.6 Å². The Bertz CT molecular complexity index is 543. The lowest BCUT2D eigenvalue weighted by Crippen LogP contribution is -2.44. The van der Waals surface area contributed by atoms with E-state index in [2.05, 4.69) is 0 Å². The second kappa shape index (κ2) is 6.75. The molecule has 0 bridgehead atoms. The molecular weight excluding hydrogens is 321 g/mol. The fourth-order valence-electron chi connectivity index (χ4n) is 2.30. The molecule has 0 radical (unpaired) electrons. The number of nitrogens with two attached hydrogens (primary N) is 1. The number of carbonyl (C=O) groups excluding carboxylic acids is 1. The third-order valence-corrected chi connectivity index (χ3v) is 3.83. The molecule has 0 atom stereocenters. The molecule has 1 aromatic rings. The van der Waals surface area contributed by atoms with Crippen LogP contribution in [0.2, 0.25) is 5.02 Å². The summed E-state index contributed by atoms with van der Waals surface area (Å²) >= 11 is 5.89. The van der Waals surface area contributed by atoms with Gasteiger partial charge in [0, 0.05) is 25.9 Å². The molecule has 0 spiro atoms. The lowest BCUT2D eigenvalue weighted by atomic mass is 10.1. The molecule has 1 aliphatic heterocycles. The number of piperidine rings is 1. The normalized spacial score (nSPS) is 16.7. The summed E-state index contributed by atoms with van der Waals surface area (Å²) in [6, 6.07) is 2.99. The van der Waals surface area contributed by atoms with Crippen molar-refractivity contribution in [3.05, 3.63) is 28.8 Å². The first-order chi connectivity index (χ1) is 10.3. The molecule has 1 aromatic carbocycles. The highest BCUT2D eigenvalue weighted by Gasteiger charge is 2.32. The zero-order valence-corrected chi connectivity index (χ0v) is 12.5. The number of halogens is 4. The molecule has 2 N–H and O–H groups in total. The minimum atomic E-state index is -4.44. The molecule has 122 valence electrons. The van der Waals surface area contributed by atoms with Crippen molar-refractivity contribution in [2.45, 2.75) is 25.1 Å². The topological polar surface area (TPSA) is 55.6 Å². The SMILES string of the molecule is NCC(=O)N1CCC(Oc2cc(C(F)(F)F)ccc2Cl)CC1. The summed E-state index contributed by atoms with van der Waals surface area (Å²) in [6.45, 7) is 0.888. The van der Waals surface area contributed by atoms with Crippen molar-refractivity contribution in [2.75, 3.05) is 19.6 Å². The van der Waals surface area contributed by atoms with Gasteiger partial charge in [0.25, 0.3) is 0 Å². The molecule has 8 heteroatoms. The Morgan fingerprint density at radius 3 is 2.55 bits per heavy atom. The van der Waals surface area contributed by atoms with Gasteiger partial charge in [-0.3, -0.25) is 4.79 Å². The van der Waals surface area contributed by atoms with E-state index in [4.69, 9.17) is 22.1 Å². The van der Waals surface area contributed by atoms with E-state index in [1.54, 1.807) is 4.90 Å². The van der Waals surface area contributed by atoms with Gasteiger partial charge in [0.15, 0.2) is 0 Å². The lowest BCUT2D eigenvalue weighted by Gasteiger charge is -2.32. The zero-order chi connectivity index (χ0) is 16.3. The maximum atomic E-state index is 12.7. The minimum Gasteiger partial charge on any atom is -0.489 e. The number of likely N-dealkylation sites (tertiary alicyclic amines) is 1. The standard InChI is InChI=1S/C14H16ClF3N2O2/c15-11-2-1-9(14(16,17)18)7-12(11)22-10-3-5-20(6-4-10)13(21)8-19/h1-2,7,10H,3-6,8,19H2. The van der Waals surface area contributed by atoms with Gasteiger partial charge in [0.05, 0.1) is 17.1 Å². The van der Waals surface area contributed by atoms with Gasteiger partial charge >= 0.3 is 6.18 Å². The monoisotopic (exact) mass is 336 g/mol. The quantitative estimate of drug-likeness (QED) is 0.923. The third-order valence-electron chi connectivity index (χ3n) is 3.52. The number of alkyl halides is 3. The van der Waals surface area contributed by atoms with Gasteiger partial charge in [0.1, 0.15) is 11.9 Å². The minimum absolute atomic E-state index is 0.0140. The summed E-state index contributed by atoms with van der Waals surface area (Å²) in [7, 11) is 0. The van der Waals surface area contributed by atoms with Crippen LogP contribution in [0, 0.1) is 0 Å². The van der Waals surface area contributed by atoms with Gasteiger partial charge in [-0.1, -0.05) is 11.6 Å². The van der Waals surface area contributed by atoms with Crippen LogP contribution in [0.4, 0.5) is 13.2 Å². The Morgan fingerprint density at radius 1 is 1.36 bits per heavy atom. The van der Waals surface area contributed by atoms with Crippen molar-refractivity contribution in [2.24, 2.45) is 5.73 Å². The van der Waals surface area contributed by atoms with E-state index in [1.165, 1.54) is 6.07 Å². The van der Waals surface area contributed by atoms with Crippen LogP contribution in [-0.2, 0) is 11.0 Å². The smallest absolute Gasteiger partial charge is 0.416 e. The number of rotatable bonds is 3. The second-order valence-corrected chi connectivity index (χ2v) is 5.45. The van der Waals surface area contributed by atoms with Crippen molar-refractivity contribution in [3.8, 4) is 5.75 Å². The highest BCUT2D eigenvalue weighted by atomic mass is 35.5. The average Bonchev–Trinajstić information content (AvgIpc) is 2.48. The van der Waals surface area contributed by atoms with Gasteiger partial charge in [0.2, 0.25) is 5.91 Å². The first-order valence-corrected chi connectivity index (χ1v) is 7.20. The maximum absolute atomic E-state index is 12.7. The maximum Gasteiger partial charge on any atom is 0.416 e. The Hall–Kier alpha value is -1.47. The molecule has 1 saturated heterocycles. The fourth-order valence-corrected chi connectivity index (χ4v) is 2.46. The molecule has 1 fully saturated rings. The highest BCUT2D eigenvalue weighted by Crippen LogP contribution is 2.35. The predicted octanol–water partition coefficient (Wildman–Crippen LogP) is 2.69. The first-order valence-electron chi connectivity index (χ1n) is 6.82. The van der Waals surface area contributed by atoms with E-state index in [9.17, 15) is 18.0 Å². The van der Waals surface area contributed by atoms with Gasteiger partial charge in [-0.05, 0) is 18.2 Å². The number of hydrogen-bond donors (Lipinski definition) is 1. The van der Waals surface area contributed by atoms with Crippen molar-refractivity contribution < 1.29 is 22.7 Å². The van der Waals surface area contributed by atoms with E-state index in [-0.39, 0.29) is 29.3 Å². The van der Waals surface area contributed by atoms with Crippen molar-refractivity contribution >= 4 is 17.5 Å². The van der Waals surface area contributed by atoms with Crippen LogP contribution in [0.5, 0.6) is 5.75 Å². The summed E-state index contributed by atoms with van der Waals surface area (Å²) in [5.41, 5.74) is 4.49. The fraction of sp³-hybridized carbons (Fsp3) is 0.500.